The lowest BCUT2D eigenvalue weighted by Gasteiger charge is -2.14. The molecule has 0 spiro atoms. The Bertz CT molecular complexity index is 2280. The van der Waals surface area contributed by atoms with Crippen LogP contribution in [0.5, 0.6) is 0 Å². The molecule has 0 radical (unpaired) electrons. The summed E-state index contributed by atoms with van der Waals surface area (Å²) in [6.45, 7) is 29.8. The number of ketones is 2. The van der Waals surface area contributed by atoms with Crippen LogP contribution in [0.25, 0.3) is 0 Å². The number of nitrogens with two attached hydrogens (primary N) is 1. The first kappa shape index (κ1) is 55.9. The number of aryl methyl sites for hydroxylation is 13. The fourth-order valence-corrected chi connectivity index (χ4v) is 7.14. The first-order valence-corrected chi connectivity index (χ1v) is 21.7. The summed E-state index contributed by atoms with van der Waals surface area (Å²) in [5, 5.41) is 26.8. The minimum absolute atomic E-state index is 0.252. The van der Waals surface area contributed by atoms with Crippen molar-refractivity contribution in [1.82, 2.24) is 0 Å². The van der Waals surface area contributed by atoms with Crippen LogP contribution in [0.15, 0.2) is 107 Å². The largest absolute Gasteiger partial charge is 0.482 e. The number of benzene rings is 5. The lowest BCUT2D eigenvalue weighted by atomic mass is 10.00. The molecule has 0 aliphatic carbocycles. The molecule has 0 aliphatic rings. The summed E-state index contributed by atoms with van der Waals surface area (Å²) in [6, 6.07) is 29.9. The Kier molecular flexibility index (Phi) is 24.9. The monoisotopic (exact) mass is 872 g/mol. The summed E-state index contributed by atoms with van der Waals surface area (Å²) in [6.07, 6.45) is 3.97. The van der Waals surface area contributed by atoms with Crippen molar-refractivity contribution in [3.05, 3.63) is 170 Å². The van der Waals surface area contributed by atoms with E-state index in [9.17, 15) is 9.59 Å². The van der Waals surface area contributed by atoms with Crippen LogP contribution in [0.1, 0.15) is 112 Å². The highest BCUT2D eigenvalue weighted by molar-refractivity contribution is 6.43. The third kappa shape index (κ3) is 19.9. The minimum atomic E-state index is -0.833. The second-order valence-corrected chi connectivity index (χ2v) is 16.4. The van der Waals surface area contributed by atoms with E-state index < -0.39 is 5.95 Å². The van der Waals surface area contributed by atoms with Crippen LogP contribution in [0.4, 0.5) is 17.1 Å². The molecule has 0 aliphatic heterocycles. The average Bonchev–Trinajstić information content (AvgIpc) is 3.23. The van der Waals surface area contributed by atoms with Gasteiger partial charge in [-0.1, -0.05) is 127 Å². The van der Waals surface area contributed by atoms with Crippen LogP contribution in [0, 0.1) is 76.2 Å². The van der Waals surface area contributed by atoms with Crippen LogP contribution >= 0.6 is 0 Å². The highest BCUT2D eigenvalue weighted by Gasteiger charge is 2.14. The smallest absolute Gasteiger partial charge is 0.266 e. The number of Topliss-reactive ketones (excluding diaryl/α,β-unsaturated/α-hetero) is 2. The first-order valence-electron chi connectivity index (χ1n) is 21.7. The van der Waals surface area contributed by atoms with E-state index in [0.717, 1.165) is 53.3 Å². The van der Waals surface area contributed by atoms with Gasteiger partial charge in [-0.3, -0.25) is 30.1 Å². The third-order valence-corrected chi connectivity index (χ3v) is 10.3. The van der Waals surface area contributed by atoms with Gasteiger partial charge in [0.2, 0.25) is 0 Å². The molecule has 0 fully saturated rings. The predicted octanol–water partition coefficient (Wildman–Crippen LogP) is 14.0. The van der Waals surface area contributed by atoms with Crippen molar-refractivity contribution >= 4 is 40.1 Å². The summed E-state index contributed by atoms with van der Waals surface area (Å²) in [4.78, 5) is 32.8. The van der Waals surface area contributed by atoms with Crippen molar-refractivity contribution in [3.63, 3.8) is 0 Å². The molecule has 9 heteroatoms. The zero-order valence-electron chi connectivity index (χ0n) is 40.6. The zero-order chi connectivity index (χ0) is 48.7. The number of anilines is 1. The molecule has 0 heterocycles. The number of aliphatic imine (C=N–C) groups is 2. The maximum atomic E-state index is 11.3. The van der Waals surface area contributed by atoms with Crippen molar-refractivity contribution in [2.45, 2.75) is 129 Å². The van der Waals surface area contributed by atoms with E-state index in [-0.39, 0.29) is 11.6 Å². The lowest BCUT2D eigenvalue weighted by Crippen LogP contribution is -2.15. The predicted molar refractivity (Wildman–Crippen MR) is 270 cm³/mol. The molecule has 5 aromatic rings. The van der Waals surface area contributed by atoms with Gasteiger partial charge >= 0.3 is 0 Å². The maximum absolute atomic E-state index is 11.3. The van der Waals surface area contributed by atoms with E-state index in [1.54, 1.807) is 6.92 Å². The van der Waals surface area contributed by atoms with Gasteiger partial charge < -0.3 is 15.9 Å². The van der Waals surface area contributed by atoms with E-state index in [4.69, 9.17) is 36.4 Å². The molecule has 0 saturated heterocycles. The van der Waals surface area contributed by atoms with Gasteiger partial charge in [0.25, 0.3) is 5.95 Å². The molecule has 0 atom stereocenters. The summed E-state index contributed by atoms with van der Waals surface area (Å²) in [5.41, 5.74) is 27.0. The second-order valence-electron chi connectivity index (χ2n) is 16.4. The van der Waals surface area contributed by atoms with Gasteiger partial charge in [-0.05, 0) is 153 Å². The van der Waals surface area contributed by atoms with E-state index >= 15 is 0 Å². The number of hydrogen-bond acceptors (Lipinski definition) is 9. The van der Waals surface area contributed by atoms with Gasteiger partial charge in [-0.25, -0.2) is 0 Å². The summed E-state index contributed by atoms with van der Waals surface area (Å²) < 4.78 is 0. The highest BCUT2D eigenvalue weighted by atomic mass is 17.0. The number of nitrogen functional groups attached to an aromatic ring is 1. The lowest BCUT2D eigenvalue weighted by molar-refractivity contribution is -0.176. The minimum Gasteiger partial charge on any atom is -0.482 e. The van der Waals surface area contributed by atoms with Gasteiger partial charge in [0.15, 0.2) is 11.6 Å². The van der Waals surface area contributed by atoms with Gasteiger partial charge in [0.1, 0.15) is 0 Å². The number of rotatable bonds is 12. The van der Waals surface area contributed by atoms with Gasteiger partial charge in [-0.15, -0.1) is 0 Å². The van der Waals surface area contributed by atoms with Crippen molar-refractivity contribution in [2.75, 3.05) is 5.73 Å². The van der Waals surface area contributed by atoms with Crippen LogP contribution in [-0.2, 0) is 22.4 Å². The standard InChI is InChI=1S/C31H38N2.C13H16O2.C9H13N.C2H4O2.H2O2/c1-9-28(32-30-23(5)16-21(3)17-24(30)6)29(15-14-27-12-10-20(2)11-13-27)33-31-25(7)18-22(4)19-26(31)8;1-3-12(14)13(15)9-8-11-6-4-10(2)5-7-11;1-6-4-7(2)9(10)8(3)5-6;1-2(3)4;1-2/h10-13,16-19H,9,14-15H2,1-8H3;4-7H,3,8-9H2,1-2H3;4-5H,10H2,1-3H3;3-4H,1H2;1-2H. The van der Waals surface area contributed by atoms with Crippen LogP contribution in [-0.4, -0.2) is 43.7 Å². The van der Waals surface area contributed by atoms with Gasteiger partial charge in [0.05, 0.1) is 22.8 Å². The van der Waals surface area contributed by atoms with E-state index in [1.807, 2.05) is 45.0 Å². The van der Waals surface area contributed by atoms with E-state index in [2.05, 4.69) is 130 Å². The number of carbonyl (C=O) groups excluding carboxylic acids is 2. The summed E-state index contributed by atoms with van der Waals surface area (Å²) >= 11 is 0. The number of nitrogens with zero attached hydrogens (tertiary/aromatic N) is 2. The zero-order valence-corrected chi connectivity index (χ0v) is 40.6. The first-order chi connectivity index (χ1) is 30.1. The SMILES string of the molecule is C=C(O)O.CCC(=Nc1c(C)cc(C)cc1C)C(CCc1ccc(C)cc1)=Nc1c(C)cc(C)cc1C.CCC(=O)C(=O)CCc1ccc(C)cc1.Cc1cc(C)c(N)c(C)c1.OO. The van der Waals surface area contributed by atoms with Crippen LogP contribution < -0.4 is 5.73 Å². The Labute approximate surface area is 383 Å². The number of aliphatic hydroxyl groups excluding tert-OH is 1. The number of carbonyl (C=O) groups is 2. The topological polar surface area (TPSA) is 166 Å². The molecule has 0 unspecified atom stereocenters. The Hall–Kier alpha value is -6.16. The molecule has 5 aromatic carbocycles. The molecule has 64 heavy (non-hydrogen) atoms. The van der Waals surface area contributed by atoms with Crippen molar-refractivity contribution in [3.8, 4) is 0 Å². The molecule has 344 valence electrons. The van der Waals surface area contributed by atoms with E-state index in [0.29, 0.717) is 19.3 Å². The molecule has 6 N–H and O–H groups in total. The van der Waals surface area contributed by atoms with Crippen molar-refractivity contribution in [1.29, 1.82) is 0 Å². The summed E-state index contributed by atoms with van der Waals surface area (Å²) in [7, 11) is 0. The molecular formula is C55H73N3O6. The Morgan fingerprint density at radius 3 is 1.12 bits per heavy atom. The third-order valence-electron chi connectivity index (χ3n) is 10.3. The second kappa shape index (κ2) is 28.5. The fourth-order valence-electron chi connectivity index (χ4n) is 7.14. The normalized spacial score (nSPS) is 10.7. The Morgan fingerprint density at radius 2 is 0.797 bits per heavy atom. The molecule has 9 nitrogen and oxygen atoms in total. The molecule has 5 rings (SSSR count). The van der Waals surface area contributed by atoms with Gasteiger partial charge in [0, 0.05) is 18.5 Å². The Balaban J connectivity index is 0.000000540. The number of aliphatic hydroxyl groups is 2. The maximum Gasteiger partial charge on any atom is 0.266 e. The van der Waals surface area contributed by atoms with Crippen LogP contribution in [0.2, 0.25) is 0 Å². The van der Waals surface area contributed by atoms with Gasteiger partial charge in [-0.2, -0.15) is 0 Å². The Morgan fingerprint density at radius 1 is 0.484 bits per heavy atom. The molecule has 0 bridgehead atoms. The molecule has 0 aromatic heterocycles. The highest BCUT2D eigenvalue weighted by Crippen LogP contribution is 2.29. The van der Waals surface area contributed by atoms with Crippen molar-refractivity contribution in [2.24, 2.45) is 9.98 Å². The van der Waals surface area contributed by atoms with Crippen molar-refractivity contribution < 1.29 is 30.3 Å². The molecular weight excluding hydrogens is 799 g/mol. The molecule has 0 saturated carbocycles. The number of hydrogen-bond donors (Lipinski definition) is 5. The summed E-state index contributed by atoms with van der Waals surface area (Å²) in [5.74, 6) is -1.35. The quantitative estimate of drug-likeness (QED) is 0.0208. The van der Waals surface area contributed by atoms with E-state index in [1.165, 1.54) is 66.8 Å². The molecule has 0 amide bonds. The average molecular weight is 872 g/mol. The van der Waals surface area contributed by atoms with Crippen LogP contribution in [0.3, 0.4) is 0 Å². The fraction of sp³-hybridized carbons (Fsp3) is 0.345.